The summed E-state index contributed by atoms with van der Waals surface area (Å²) in [5.41, 5.74) is 0. The molecule has 2 fully saturated rings. The van der Waals surface area contributed by atoms with E-state index in [1.807, 2.05) is 0 Å². The van der Waals surface area contributed by atoms with E-state index in [0.717, 1.165) is 12.3 Å². The number of aliphatic hydroxyl groups excluding tert-OH is 1. The van der Waals surface area contributed by atoms with Crippen LogP contribution in [0.3, 0.4) is 0 Å². The van der Waals surface area contributed by atoms with Crippen LogP contribution in [0.5, 0.6) is 0 Å². The molecule has 2 aliphatic carbocycles. The average Bonchev–Trinajstić information content (AvgIpc) is 1.90. The first-order chi connectivity index (χ1) is 5.38. The second-order valence-corrected chi connectivity index (χ2v) is 4.21. The predicted octanol–water partition coefficient (Wildman–Crippen LogP) is 2.34. The first-order valence-electron chi connectivity index (χ1n) is 5.06. The molecular formula is C10H18O. The van der Waals surface area contributed by atoms with Crippen LogP contribution in [-0.4, -0.2) is 11.2 Å². The molecule has 2 rings (SSSR count). The minimum absolute atomic E-state index is 0.0500. The molecule has 1 nitrogen and oxygen atoms in total. The summed E-state index contributed by atoms with van der Waals surface area (Å²) in [5, 5.41) is 9.70. The van der Waals surface area contributed by atoms with E-state index in [1.54, 1.807) is 0 Å². The van der Waals surface area contributed by atoms with Gasteiger partial charge in [-0.05, 0) is 24.7 Å². The van der Waals surface area contributed by atoms with Gasteiger partial charge in [0.25, 0.3) is 0 Å². The summed E-state index contributed by atoms with van der Waals surface area (Å²) in [4.78, 5) is 0. The third-order valence-electron chi connectivity index (χ3n) is 3.54. The van der Waals surface area contributed by atoms with Gasteiger partial charge in [-0.15, -0.1) is 0 Å². The molecule has 1 N–H and O–H groups in total. The summed E-state index contributed by atoms with van der Waals surface area (Å²) in [6, 6.07) is 0. The maximum absolute atomic E-state index is 9.70. The lowest BCUT2D eigenvalue weighted by Gasteiger charge is -2.39. The van der Waals surface area contributed by atoms with Gasteiger partial charge in [-0.25, -0.2) is 0 Å². The van der Waals surface area contributed by atoms with E-state index in [0.29, 0.717) is 5.92 Å². The minimum Gasteiger partial charge on any atom is -0.393 e. The van der Waals surface area contributed by atoms with Crippen LogP contribution in [-0.2, 0) is 0 Å². The van der Waals surface area contributed by atoms with Crippen molar-refractivity contribution < 1.29 is 5.11 Å². The second-order valence-electron chi connectivity index (χ2n) is 4.21. The standard InChI is InChI=1S/C10H18O/c11-10-7-2-1-6-9(10)8-4-3-5-8/h8-11H,1-7H2. The fourth-order valence-corrected chi connectivity index (χ4v) is 2.56. The fourth-order valence-electron chi connectivity index (χ4n) is 2.56. The van der Waals surface area contributed by atoms with Gasteiger partial charge in [0.15, 0.2) is 0 Å². The van der Waals surface area contributed by atoms with Crippen molar-refractivity contribution in [3.63, 3.8) is 0 Å². The van der Waals surface area contributed by atoms with Crippen molar-refractivity contribution in [1.82, 2.24) is 0 Å². The Morgan fingerprint density at radius 2 is 1.55 bits per heavy atom. The summed E-state index contributed by atoms with van der Waals surface area (Å²) in [6.07, 6.45) is 9.22. The molecule has 11 heavy (non-hydrogen) atoms. The number of rotatable bonds is 1. The molecule has 2 unspecified atom stereocenters. The molecule has 0 amide bonds. The lowest BCUT2D eigenvalue weighted by molar-refractivity contribution is 0.0127. The maximum atomic E-state index is 9.70. The first kappa shape index (κ1) is 7.60. The molecule has 0 heterocycles. The van der Waals surface area contributed by atoms with E-state index in [1.165, 1.54) is 38.5 Å². The Labute approximate surface area is 68.8 Å². The van der Waals surface area contributed by atoms with Crippen molar-refractivity contribution >= 4 is 0 Å². The van der Waals surface area contributed by atoms with Gasteiger partial charge in [0.1, 0.15) is 0 Å². The second kappa shape index (κ2) is 3.14. The van der Waals surface area contributed by atoms with Gasteiger partial charge in [-0.3, -0.25) is 0 Å². The summed E-state index contributed by atoms with van der Waals surface area (Å²) in [7, 11) is 0. The van der Waals surface area contributed by atoms with Crippen LogP contribution < -0.4 is 0 Å². The highest BCUT2D eigenvalue weighted by molar-refractivity contribution is 4.84. The van der Waals surface area contributed by atoms with Gasteiger partial charge in [-0.1, -0.05) is 32.1 Å². The van der Waals surface area contributed by atoms with Crippen LogP contribution in [0.1, 0.15) is 44.9 Å². The molecule has 64 valence electrons. The highest BCUT2D eigenvalue weighted by Crippen LogP contribution is 2.40. The normalized spacial score (nSPS) is 40.1. The SMILES string of the molecule is OC1CCCCC1C1CCC1. The fraction of sp³-hybridized carbons (Fsp3) is 1.00. The van der Waals surface area contributed by atoms with Crippen molar-refractivity contribution in [3.05, 3.63) is 0 Å². The van der Waals surface area contributed by atoms with Gasteiger partial charge in [0.05, 0.1) is 6.10 Å². The van der Waals surface area contributed by atoms with Gasteiger partial charge in [0, 0.05) is 0 Å². The molecule has 0 radical (unpaired) electrons. The highest BCUT2D eigenvalue weighted by Gasteiger charge is 2.33. The number of hydrogen-bond donors (Lipinski definition) is 1. The summed E-state index contributed by atoms with van der Waals surface area (Å²) in [5.74, 6) is 1.57. The van der Waals surface area contributed by atoms with Crippen LogP contribution in [0.4, 0.5) is 0 Å². The Kier molecular flexibility index (Phi) is 2.17. The van der Waals surface area contributed by atoms with E-state index in [2.05, 4.69) is 0 Å². The van der Waals surface area contributed by atoms with E-state index in [-0.39, 0.29) is 6.10 Å². The van der Waals surface area contributed by atoms with Gasteiger partial charge in [0.2, 0.25) is 0 Å². The lowest BCUT2D eigenvalue weighted by Crippen LogP contribution is -2.34. The van der Waals surface area contributed by atoms with Gasteiger partial charge < -0.3 is 5.11 Å². The summed E-state index contributed by atoms with van der Waals surface area (Å²) in [6.45, 7) is 0. The number of hydrogen-bond acceptors (Lipinski definition) is 1. The Balaban J connectivity index is 1.88. The van der Waals surface area contributed by atoms with Crippen molar-refractivity contribution in [1.29, 1.82) is 0 Å². The molecule has 1 heteroatoms. The van der Waals surface area contributed by atoms with E-state index < -0.39 is 0 Å². The molecule has 2 saturated carbocycles. The lowest BCUT2D eigenvalue weighted by atomic mass is 9.69. The van der Waals surface area contributed by atoms with Crippen molar-refractivity contribution in [2.45, 2.75) is 51.0 Å². The third-order valence-corrected chi connectivity index (χ3v) is 3.54. The molecule has 0 spiro atoms. The van der Waals surface area contributed by atoms with E-state index in [9.17, 15) is 5.11 Å². The Bertz CT molecular complexity index is 127. The molecule has 2 aliphatic rings. The zero-order valence-corrected chi connectivity index (χ0v) is 7.13. The maximum Gasteiger partial charge on any atom is 0.0571 e. The largest absolute Gasteiger partial charge is 0.393 e. The van der Waals surface area contributed by atoms with E-state index in [4.69, 9.17) is 0 Å². The van der Waals surface area contributed by atoms with Crippen LogP contribution in [0.15, 0.2) is 0 Å². The van der Waals surface area contributed by atoms with Gasteiger partial charge >= 0.3 is 0 Å². The predicted molar refractivity (Wildman–Crippen MR) is 45.3 cm³/mol. The van der Waals surface area contributed by atoms with Gasteiger partial charge in [-0.2, -0.15) is 0 Å². The summed E-state index contributed by atoms with van der Waals surface area (Å²) < 4.78 is 0. The molecule has 0 aromatic carbocycles. The molecule has 0 bridgehead atoms. The van der Waals surface area contributed by atoms with Crippen molar-refractivity contribution in [2.24, 2.45) is 11.8 Å². The molecule has 2 atom stereocenters. The van der Waals surface area contributed by atoms with Crippen molar-refractivity contribution in [2.75, 3.05) is 0 Å². The zero-order valence-electron chi connectivity index (χ0n) is 7.13. The minimum atomic E-state index is 0.0500. The van der Waals surface area contributed by atoms with Crippen LogP contribution in [0.25, 0.3) is 0 Å². The molecule has 0 aromatic heterocycles. The Hall–Kier alpha value is -0.0400. The quantitative estimate of drug-likeness (QED) is 0.614. The first-order valence-corrected chi connectivity index (χ1v) is 5.06. The topological polar surface area (TPSA) is 20.2 Å². The smallest absolute Gasteiger partial charge is 0.0571 e. The van der Waals surface area contributed by atoms with Crippen LogP contribution in [0, 0.1) is 11.8 Å². The average molecular weight is 154 g/mol. The molecule has 0 aliphatic heterocycles. The molecular weight excluding hydrogens is 136 g/mol. The monoisotopic (exact) mass is 154 g/mol. The van der Waals surface area contributed by atoms with Crippen LogP contribution in [0.2, 0.25) is 0 Å². The zero-order chi connectivity index (χ0) is 7.68. The third kappa shape index (κ3) is 1.44. The van der Waals surface area contributed by atoms with Crippen molar-refractivity contribution in [3.8, 4) is 0 Å². The Morgan fingerprint density at radius 1 is 0.818 bits per heavy atom. The van der Waals surface area contributed by atoms with E-state index >= 15 is 0 Å². The summed E-state index contributed by atoms with van der Waals surface area (Å²) >= 11 is 0. The Morgan fingerprint density at radius 3 is 2.09 bits per heavy atom. The molecule has 0 saturated heterocycles. The van der Waals surface area contributed by atoms with Crippen LogP contribution >= 0.6 is 0 Å². The molecule has 0 aromatic rings. The highest BCUT2D eigenvalue weighted by atomic mass is 16.3. The number of aliphatic hydroxyl groups is 1.